The van der Waals surface area contributed by atoms with Gasteiger partial charge in [0.2, 0.25) is 0 Å². The van der Waals surface area contributed by atoms with E-state index in [0.29, 0.717) is 17.0 Å². The van der Waals surface area contributed by atoms with Gasteiger partial charge in [-0.1, -0.05) is 12.1 Å². The van der Waals surface area contributed by atoms with Crippen LogP contribution in [0, 0.1) is 10.1 Å². The van der Waals surface area contributed by atoms with Gasteiger partial charge < -0.3 is 19.5 Å². The lowest BCUT2D eigenvalue weighted by Crippen LogP contribution is -2.38. The number of non-ortho nitro benzene ring substituents is 1. The van der Waals surface area contributed by atoms with Crippen molar-refractivity contribution in [2.75, 3.05) is 20.3 Å². The molecule has 1 aromatic carbocycles. The molecule has 2 rings (SSSR count). The van der Waals surface area contributed by atoms with Crippen molar-refractivity contribution < 1.29 is 29.1 Å². The Balaban J connectivity index is 2.73. The summed E-state index contributed by atoms with van der Waals surface area (Å²) in [6, 6.07) is 5.54. The second kappa shape index (κ2) is 9.53. The highest BCUT2D eigenvalue weighted by atomic mass is 16.6. The minimum absolute atomic E-state index is 0.000546. The average molecular weight is 418 g/mol. The molecule has 0 radical (unpaired) electrons. The van der Waals surface area contributed by atoms with Crippen LogP contribution in [0.4, 0.5) is 5.69 Å². The summed E-state index contributed by atoms with van der Waals surface area (Å²) in [5, 5.41) is 21.3. The number of nitrogens with zero attached hydrogens (tertiary/aromatic N) is 2. The van der Waals surface area contributed by atoms with Crippen LogP contribution in [-0.4, -0.2) is 53.2 Å². The molecule has 1 atom stereocenters. The van der Waals surface area contributed by atoms with E-state index in [0.717, 1.165) is 0 Å². The Hall–Kier alpha value is -3.20. The van der Waals surface area contributed by atoms with Crippen molar-refractivity contribution >= 4 is 17.6 Å². The monoisotopic (exact) mass is 418 g/mol. The molecular weight excluding hydrogens is 392 g/mol. The lowest BCUT2D eigenvalue weighted by molar-refractivity contribution is -0.384. The van der Waals surface area contributed by atoms with E-state index < -0.39 is 22.8 Å². The molecule has 1 unspecified atom stereocenters. The summed E-state index contributed by atoms with van der Waals surface area (Å²) in [7, 11) is 1.47. The zero-order chi connectivity index (χ0) is 22.6. The van der Waals surface area contributed by atoms with Crippen LogP contribution in [0.5, 0.6) is 0 Å². The van der Waals surface area contributed by atoms with E-state index in [9.17, 15) is 24.8 Å². The molecule has 162 valence electrons. The number of rotatable bonds is 8. The first kappa shape index (κ1) is 23.1. The molecule has 1 aliphatic heterocycles. The molecule has 1 N–H and O–H groups in total. The van der Waals surface area contributed by atoms with E-state index >= 15 is 0 Å². The highest BCUT2D eigenvalue weighted by molar-refractivity contribution is 5.99. The zero-order valence-corrected chi connectivity index (χ0v) is 17.7. The molecule has 0 aliphatic carbocycles. The van der Waals surface area contributed by atoms with Crippen LogP contribution in [-0.2, 0) is 19.1 Å². The number of hydrogen-bond donors (Lipinski definition) is 1. The van der Waals surface area contributed by atoms with Crippen molar-refractivity contribution in [3.8, 4) is 0 Å². The number of hydrogen-bond acceptors (Lipinski definition) is 7. The number of benzene rings is 1. The number of carboxylic acids is 1. The maximum absolute atomic E-state index is 13.0. The number of carbonyl (C=O) groups excluding carboxylic acids is 1. The van der Waals surface area contributed by atoms with Gasteiger partial charge in [-0.05, 0) is 33.3 Å². The van der Waals surface area contributed by atoms with Crippen LogP contribution in [0.25, 0.3) is 0 Å². The standard InChI is InChI=1S/C21H26N2O7/c1-12(2)22-13(3)17(20(24)25)19(15-7-6-8-16(11-15)23(27)28)18(14(22)4)21(26)30-10-9-29-5/h6-8,11-12,19H,9-10H2,1-5H3,(H,24,25). The van der Waals surface area contributed by atoms with Crippen LogP contribution in [0.3, 0.4) is 0 Å². The number of allylic oxidation sites excluding steroid dienone is 2. The van der Waals surface area contributed by atoms with Gasteiger partial charge in [0.15, 0.2) is 0 Å². The van der Waals surface area contributed by atoms with E-state index in [-0.39, 0.29) is 36.1 Å². The maximum atomic E-state index is 13.0. The van der Waals surface area contributed by atoms with E-state index in [1.807, 2.05) is 13.8 Å². The predicted octanol–water partition coefficient (Wildman–Crippen LogP) is 3.22. The van der Waals surface area contributed by atoms with Crippen LogP contribution in [0.1, 0.15) is 39.2 Å². The van der Waals surface area contributed by atoms with E-state index in [4.69, 9.17) is 9.47 Å². The van der Waals surface area contributed by atoms with Gasteiger partial charge in [0.25, 0.3) is 5.69 Å². The molecule has 1 aromatic rings. The molecular formula is C21H26N2O7. The SMILES string of the molecule is COCCOC(=O)C1=C(C)N(C(C)C)C(C)=C(C(=O)O)C1c1cccc([N+](=O)[O-])c1. The first-order valence-electron chi connectivity index (χ1n) is 9.46. The minimum atomic E-state index is -1.20. The van der Waals surface area contributed by atoms with E-state index in [2.05, 4.69) is 0 Å². The Morgan fingerprint density at radius 3 is 2.37 bits per heavy atom. The minimum Gasteiger partial charge on any atom is -0.478 e. The molecule has 1 heterocycles. The Kier molecular flexibility index (Phi) is 7.33. The van der Waals surface area contributed by atoms with Crippen LogP contribution >= 0.6 is 0 Å². The van der Waals surface area contributed by atoms with Gasteiger partial charge >= 0.3 is 11.9 Å². The van der Waals surface area contributed by atoms with Crippen molar-refractivity contribution in [1.29, 1.82) is 0 Å². The summed E-state index contributed by atoms with van der Waals surface area (Å²) >= 11 is 0. The van der Waals surface area contributed by atoms with Gasteiger partial charge in [0.05, 0.1) is 28.6 Å². The van der Waals surface area contributed by atoms with Gasteiger partial charge in [-0.15, -0.1) is 0 Å². The molecule has 9 heteroatoms. The normalized spacial score (nSPS) is 16.9. The van der Waals surface area contributed by atoms with E-state index in [1.54, 1.807) is 24.8 Å². The lowest BCUT2D eigenvalue weighted by Gasteiger charge is -2.39. The number of carboxylic acid groups (broad SMARTS) is 1. The Morgan fingerprint density at radius 1 is 1.20 bits per heavy atom. The van der Waals surface area contributed by atoms with Crippen molar-refractivity contribution in [2.24, 2.45) is 0 Å². The fraction of sp³-hybridized carbons (Fsp3) is 0.429. The first-order chi connectivity index (χ1) is 14.1. The van der Waals surface area contributed by atoms with Crippen molar-refractivity contribution in [3.05, 3.63) is 62.5 Å². The summed E-state index contributed by atoms with van der Waals surface area (Å²) < 4.78 is 10.2. The Labute approximate surface area is 174 Å². The fourth-order valence-corrected chi connectivity index (χ4v) is 3.84. The van der Waals surface area contributed by atoms with Crippen LogP contribution in [0.15, 0.2) is 46.8 Å². The number of aliphatic carboxylic acids is 1. The smallest absolute Gasteiger partial charge is 0.336 e. The second-order valence-electron chi connectivity index (χ2n) is 7.18. The number of esters is 1. The lowest BCUT2D eigenvalue weighted by atomic mass is 9.79. The topological polar surface area (TPSA) is 119 Å². The average Bonchev–Trinajstić information content (AvgIpc) is 2.67. The van der Waals surface area contributed by atoms with Gasteiger partial charge in [-0.2, -0.15) is 0 Å². The molecule has 0 aromatic heterocycles. The van der Waals surface area contributed by atoms with E-state index in [1.165, 1.54) is 25.3 Å². The summed E-state index contributed by atoms with van der Waals surface area (Å²) in [5.74, 6) is -2.89. The number of nitro groups is 1. The van der Waals surface area contributed by atoms with Crippen LogP contribution < -0.4 is 0 Å². The molecule has 0 saturated carbocycles. The van der Waals surface area contributed by atoms with Crippen molar-refractivity contribution in [3.63, 3.8) is 0 Å². The summed E-state index contributed by atoms with van der Waals surface area (Å²) in [5.41, 5.74) is 1.29. The maximum Gasteiger partial charge on any atom is 0.336 e. The molecule has 0 bridgehead atoms. The molecule has 0 fully saturated rings. The van der Waals surface area contributed by atoms with Gasteiger partial charge in [0.1, 0.15) is 6.61 Å². The molecule has 9 nitrogen and oxygen atoms in total. The molecule has 0 saturated heterocycles. The fourth-order valence-electron chi connectivity index (χ4n) is 3.84. The number of methoxy groups -OCH3 is 1. The number of nitro benzene ring substituents is 1. The molecule has 0 amide bonds. The quantitative estimate of drug-likeness (QED) is 0.296. The molecule has 0 spiro atoms. The highest BCUT2D eigenvalue weighted by Crippen LogP contribution is 2.43. The zero-order valence-electron chi connectivity index (χ0n) is 17.7. The largest absolute Gasteiger partial charge is 0.478 e. The summed E-state index contributed by atoms with van der Waals surface area (Å²) in [4.78, 5) is 37.7. The third-order valence-corrected chi connectivity index (χ3v) is 4.98. The number of ether oxygens (including phenoxy) is 2. The Morgan fingerprint density at radius 2 is 1.83 bits per heavy atom. The third kappa shape index (κ3) is 4.51. The van der Waals surface area contributed by atoms with Crippen LogP contribution in [0.2, 0.25) is 0 Å². The van der Waals surface area contributed by atoms with Gasteiger partial charge in [-0.25, -0.2) is 9.59 Å². The van der Waals surface area contributed by atoms with Crippen molar-refractivity contribution in [1.82, 2.24) is 4.90 Å². The third-order valence-electron chi connectivity index (χ3n) is 4.98. The van der Waals surface area contributed by atoms with Gasteiger partial charge in [0, 0.05) is 36.7 Å². The first-order valence-corrected chi connectivity index (χ1v) is 9.46. The summed E-state index contributed by atoms with van der Waals surface area (Å²) in [6.07, 6.45) is 0. The van der Waals surface area contributed by atoms with Crippen molar-refractivity contribution in [2.45, 2.75) is 39.7 Å². The molecule has 1 aliphatic rings. The Bertz CT molecular complexity index is 918. The highest BCUT2D eigenvalue weighted by Gasteiger charge is 2.41. The second-order valence-corrected chi connectivity index (χ2v) is 7.18. The van der Waals surface area contributed by atoms with Gasteiger partial charge in [-0.3, -0.25) is 10.1 Å². The predicted molar refractivity (Wildman–Crippen MR) is 109 cm³/mol. The molecule has 30 heavy (non-hydrogen) atoms. The summed E-state index contributed by atoms with van der Waals surface area (Å²) in [6.45, 7) is 7.35. The number of carbonyl (C=O) groups is 2.